The summed E-state index contributed by atoms with van der Waals surface area (Å²) in [5.74, 6) is 0. The van der Waals surface area contributed by atoms with Crippen LogP contribution < -0.4 is 11.2 Å². The van der Waals surface area contributed by atoms with Crippen molar-refractivity contribution in [3.63, 3.8) is 0 Å². The van der Waals surface area contributed by atoms with Crippen LogP contribution in [0.2, 0.25) is 0 Å². The molecule has 0 aromatic carbocycles. The molecule has 0 bridgehead atoms. The number of H-pyrrole nitrogens is 1. The van der Waals surface area contributed by atoms with Crippen molar-refractivity contribution in [3.8, 4) is 0 Å². The Balaban J connectivity index is 2.62. The predicted octanol–water partition coefficient (Wildman–Crippen LogP) is -0.923. The van der Waals surface area contributed by atoms with E-state index >= 15 is 0 Å². The van der Waals surface area contributed by atoms with E-state index in [9.17, 15) is 14.2 Å². The number of aromatic amines is 1. The van der Waals surface area contributed by atoms with Crippen molar-refractivity contribution >= 4 is 7.60 Å². The second kappa shape index (κ2) is 5.42. The van der Waals surface area contributed by atoms with Crippen LogP contribution >= 0.6 is 7.60 Å². The molecule has 0 unspecified atom stereocenters. The highest BCUT2D eigenvalue weighted by atomic mass is 31.2. The summed E-state index contributed by atoms with van der Waals surface area (Å²) in [7, 11) is -4.21. The number of hydrogen-bond donors (Lipinski definition) is 3. The van der Waals surface area contributed by atoms with Gasteiger partial charge in [0.05, 0.1) is 12.6 Å². The fourth-order valence-corrected chi connectivity index (χ4v) is 1.59. The van der Waals surface area contributed by atoms with Crippen LogP contribution in [-0.2, 0) is 15.8 Å². The van der Waals surface area contributed by atoms with Gasteiger partial charge in [0, 0.05) is 12.3 Å². The van der Waals surface area contributed by atoms with Crippen LogP contribution in [0.1, 0.15) is 6.92 Å². The van der Waals surface area contributed by atoms with Gasteiger partial charge in [-0.1, -0.05) is 0 Å². The maximum absolute atomic E-state index is 11.3. The Kier molecular flexibility index (Phi) is 4.41. The molecule has 0 fully saturated rings. The molecule has 17 heavy (non-hydrogen) atoms. The maximum atomic E-state index is 11.3. The fraction of sp³-hybridized carbons (Fsp3) is 0.500. The van der Waals surface area contributed by atoms with E-state index in [4.69, 9.17) is 14.5 Å². The Morgan fingerprint density at radius 1 is 1.53 bits per heavy atom. The molecule has 9 heteroatoms. The zero-order valence-corrected chi connectivity index (χ0v) is 9.96. The summed E-state index contributed by atoms with van der Waals surface area (Å²) < 4.78 is 16.6. The Labute approximate surface area is 96.0 Å². The predicted molar refractivity (Wildman–Crippen MR) is 58.8 cm³/mol. The van der Waals surface area contributed by atoms with Crippen molar-refractivity contribution in [2.45, 2.75) is 19.6 Å². The molecule has 1 heterocycles. The van der Waals surface area contributed by atoms with E-state index in [1.165, 1.54) is 16.8 Å². The third-order valence-electron chi connectivity index (χ3n) is 1.88. The summed E-state index contributed by atoms with van der Waals surface area (Å²) >= 11 is 0. The molecule has 0 spiro atoms. The van der Waals surface area contributed by atoms with Gasteiger partial charge in [-0.2, -0.15) is 0 Å². The van der Waals surface area contributed by atoms with Gasteiger partial charge in [0.25, 0.3) is 5.56 Å². The summed E-state index contributed by atoms with van der Waals surface area (Å²) in [4.78, 5) is 41.3. The van der Waals surface area contributed by atoms with E-state index in [2.05, 4.69) is 4.98 Å². The highest BCUT2D eigenvalue weighted by molar-refractivity contribution is 7.51. The van der Waals surface area contributed by atoms with Gasteiger partial charge in [-0.3, -0.25) is 18.9 Å². The first-order valence-electron chi connectivity index (χ1n) is 4.74. The average molecular weight is 264 g/mol. The third-order valence-corrected chi connectivity index (χ3v) is 2.36. The quantitative estimate of drug-likeness (QED) is 0.591. The van der Waals surface area contributed by atoms with Crippen LogP contribution in [-0.4, -0.2) is 31.8 Å². The molecule has 0 saturated heterocycles. The Morgan fingerprint density at radius 2 is 2.18 bits per heavy atom. The molecular weight excluding hydrogens is 251 g/mol. The zero-order valence-electron chi connectivity index (χ0n) is 9.07. The van der Waals surface area contributed by atoms with Gasteiger partial charge in [-0.05, 0) is 6.92 Å². The fourth-order valence-electron chi connectivity index (χ4n) is 1.14. The summed E-state index contributed by atoms with van der Waals surface area (Å²) in [5, 5.41) is 0. The minimum absolute atomic E-state index is 0.0929. The van der Waals surface area contributed by atoms with E-state index in [0.717, 1.165) is 0 Å². The SMILES string of the molecule is C[C@@H](Cn1ccc(=O)[nH]c1=O)OCP(=O)(O)O. The molecule has 8 nitrogen and oxygen atoms in total. The summed E-state index contributed by atoms with van der Waals surface area (Å²) in [6.45, 7) is 1.66. The molecule has 0 aliphatic heterocycles. The lowest BCUT2D eigenvalue weighted by Gasteiger charge is -2.14. The average Bonchev–Trinajstić information content (AvgIpc) is 2.18. The molecule has 1 aromatic rings. The van der Waals surface area contributed by atoms with E-state index in [-0.39, 0.29) is 6.54 Å². The van der Waals surface area contributed by atoms with E-state index < -0.39 is 31.3 Å². The minimum Gasteiger partial charge on any atom is -0.364 e. The van der Waals surface area contributed by atoms with Crippen molar-refractivity contribution in [1.29, 1.82) is 0 Å². The number of nitrogens with zero attached hydrogens (tertiary/aromatic N) is 1. The van der Waals surface area contributed by atoms with Crippen LogP contribution in [0.4, 0.5) is 0 Å². The molecule has 0 saturated carbocycles. The van der Waals surface area contributed by atoms with Crippen molar-refractivity contribution in [2.75, 3.05) is 6.35 Å². The smallest absolute Gasteiger partial charge is 0.350 e. The van der Waals surface area contributed by atoms with E-state index in [1.807, 2.05) is 0 Å². The molecular formula is C8H13N2O6P. The summed E-state index contributed by atoms with van der Waals surface area (Å²) in [5.41, 5.74) is -1.10. The molecule has 3 N–H and O–H groups in total. The Morgan fingerprint density at radius 3 is 2.71 bits per heavy atom. The van der Waals surface area contributed by atoms with Gasteiger partial charge in [-0.15, -0.1) is 0 Å². The van der Waals surface area contributed by atoms with Crippen LogP contribution in [0.25, 0.3) is 0 Å². The lowest BCUT2D eigenvalue weighted by atomic mass is 10.4. The van der Waals surface area contributed by atoms with Crippen LogP contribution in [0.3, 0.4) is 0 Å². The number of aromatic nitrogens is 2. The zero-order chi connectivity index (χ0) is 13.1. The second-order valence-corrected chi connectivity index (χ2v) is 5.12. The topological polar surface area (TPSA) is 122 Å². The van der Waals surface area contributed by atoms with Crippen LogP contribution in [0.15, 0.2) is 21.9 Å². The van der Waals surface area contributed by atoms with E-state index in [1.54, 1.807) is 6.92 Å². The van der Waals surface area contributed by atoms with E-state index in [0.29, 0.717) is 0 Å². The normalized spacial score (nSPS) is 13.6. The molecule has 0 aliphatic carbocycles. The molecule has 0 radical (unpaired) electrons. The number of hydrogen-bond acceptors (Lipinski definition) is 4. The first-order chi connectivity index (χ1) is 7.78. The molecule has 0 amide bonds. The van der Waals surface area contributed by atoms with Crippen molar-refractivity contribution in [3.05, 3.63) is 33.1 Å². The van der Waals surface area contributed by atoms with Crippen LogP contribution in [0, 0.1) is 0 Å². The largest absolute Gasteiger partial charge is 0.364 e. The molecule has 1 rings (SSSR count). The standard InChI is InChI=1S/C8H13N2O6P/c1-6(16-5-17(13,14)15)4-10-3-2-7(11)9-8(10)12/h2-3,6H,4-5H2,1H3,(H,9,11,12)(H2,13,14,15)/t6-/m0/s1. The van der Waals surface area contributed by atoms with Crippen molar-refractivity contribution < 1.29 is 19.1 Å². The summed E-state index contributed by atoms with van der Waals surface area (Å²) in [6, 6.07) is 1.18. The maximum Gasteiger partial charge on any atom is 0.350 e. The summed E-state index contributed by atoms with van der Waals surface area (Å²) in [6.07, 6.45) is 0.0244. The number of nitrogens with one attached hydrogen (secondary N) is 1. The van der Waals surface area contributed by atoms with Gasteiger partial charge in [-0.25, -0.2) is 4.79 Å². The van der Waals surface area contributed by atoms with Gasteiger partial charge < -0.3 is 14.5 Å². The van der Waals surface area contributed by atoms with Crippen molar-refractivity contribution in [2.24, 2.45) is 0 Å². The second-order valence-electron chi connectivity index (χ2n) is 3.53. The third kappa shape index (κ3) is 5.10. The molecule has 96 valence electrons. The number of rotatable bonds is 5. The Hall–Kier alpha value is -1.21. The number of ether oxygens (including phenoxy) is 1. The minimum atomic E-state index is -4.21. The van der Waals surface area contributed by atoms with Gasteiger partial charge in [0.1, 0.15) is 6.35 Å². The first-order valence-corrected chi connectivity index (χ1v) is 6.53. The van der Waals surface area contributed by atoms with Gasteiger partial charge >= 0.3 is 13.3 Å². The lowest BCUT2D eigenvalue weighted by Crippen LogP contribution is -2.32. The molecule has 0 aliphatic rings. The Bertz CT molecular complexity index is 529. The van der Waals surface area contributed by atoms with Crippen molar-refractivity contribution in [1.82, 2.24) is 9.55 Å². The van der Waals surface area contributed by atoms with Crippen LogP contribution in [0.5, 0.6) is 0 Å². The molecule has 1 aromatic heterocycles. The highest BCUT2D eigenvalue weighted by Gasteiger charge is 2.15. The lowest BCUT2D eigenvalue weighted by molar-refractivity contribution is 0.0746. The monoisotopic (exact) mass is 264 g/mol. The van der Waals surface area contributed by atoms with Gasteiger partial charge in [0.15, 0.2) is 0 Å². The highest BCUT2D eigenvalue weighted by Crippen LogP contribution is 2.34. The molecule has 1 atom stereocenters. The first kappa shape index (κ1) is 13.9. The van der Waals surface area contributed by atoms with Gasteiger partial charge in [0.2, 0.25) is 0 Å².